The van der Waals surface area contributed by atoms with E-state index in [4.69, 9.17) is 0 Å². The van der Waals surface area contributed by atoms with Crippen LogP contribution in [0.1, 0.15) is 15.2 Å². The maximum atomic E-state index is 12.3. The molecule has 0 saturated heterocycles. The predicted molar refractivity (Wildman–Crippen MR) is 88.9 cm³/mol. The molecule has 1 amide bonds. The Balaban J connectivity index is 1.85. The van der Waals surface area contributed by atoms with Crippen LogP contribution in [-0.2, 0) is 5.33 Å². The Hall–Kier alpha value is -1.65. The van der Waals surface area contributed by atoms with Gasteiger partial charge in [0.2, 0.25) is 0 Å². The fourth-order valence-electron chi connectivity index (χ4n) is 2.02. The number of thiophene rings is 1. The predicted octanol–water partition coefficient (Wildman–Crippen LogP) is 5.05. The van der Waals surface area contributed by atoms with Gasteiger partial charge in [-0.05, 0) is 35.2 Å². The SMILES string of the molecule is O=C(Nc1cccc(CBr)c1)c1cc2ccccc2s1. The zero-order chi connectivity index (χ0) is 13.9. The minimum Gasteiger partial charge on any atom is -0.321 e. The Morgan fingerprint density at radius 1 is 1.10 bits per heavy atom. The molecule has 0 fully saturated rings. The lowest BCUT2D eigenvalue weighted by Gasteiger charge is -2.04. The number of fused-ring (bicyclic) bond motifs is 1. The van der Waals surface area contributed by atoms with Gasteiger partial charge in [-0.2, -0.15) is 0 Å². The average molecular weight is 346 g/mol. The molecule has 0 saturated carbocycles. The molecule has 0 bridgehead atoms. The van der Waals surface area contributed by atoms with Crippen LogP contribution < -0.4 is 5.32 Å². The summed E-state index contributed by atoms with van der Waals surface area (Å²) in [6.07, 6.45) is 0. The number of hydrogen-bond acceptors (Lipinski definition) is 2. The highest BCUT2D eigenvalue weighted by Gasteiger charge is 2.10. The largest absolute Gasteiger partial charge is 0.321 e. The fourth-order valence-corrected chi connectivity index (χ4v) is 3.33. The van der Waals surface area contributed by atoms with Crippen LogP contribution in [-0.4, -0.2) is 5.91 Å². The van der Waals surface area contributed by atoms with Gasteiger partial charge in [0.15, 0.2) is 0 Å². The molecule has 1 heterocycles. The fraction of sp³-hybridized carbons (Fsp3) is 0.0625. The van der Waals surface area contributed by atoms with Gasteiger partial charge in [-0.25, -0.2) is 0 Å². The van der Waals surface area contributed by atoms with Crippen molar-refractivity contribution in [1.82, 2.24) is 0 Å². The van der Waals surface area contributed by atoms with Crippen LogP contribution >= 0.6 is 27.3 Å². The summed E-state index contributed by atoms with van der Waals surface area (Å²) in [6.45, 7) is 0. The van der Waals surface area contributed by atoms with Crippen molar-refractivity contribution in [2.24, 2.45) is 0 Å². The van der Waals surface area contributed by atoms with E-state index in [1.807, 2.05) is 54.6 Å². The Labute approximate surface area is 129 Å². The van der Waals surface area contributed by atoms with Gasteiger partial charge in [-0.15, -0.1) is 11.3 Å². The molecule has 3 aromatic rings. The first kappa shape index (κ1) is 13.3. The van der Waals surface area contributed by atoms with Gasteiger partial charge in [-0.3, -0.25) is 4.79 Å². The number of carbonyl (C=O) groups is 1. The molecule has 0 aliphatic heterocycles. The van der Waals surface area contributed by atoms with E-state index < -0.39 is 0 Å². The Bertz CT molecular complexity index is 733. The van der Waals surface area contributed by atoms with Gasteiger partial charge < -0.3 is 5.32 Å². The third-order valence-corrected chi connectivity index (χ3v) is 4.75. The van der Waals surface area contributed by atoms with Crippen molar-refractivity contribution in [2.75, 3.05) is 5.32 Å². The van der Waals surface area contributed by atoms with Crippen LogP contribution in [0.3, 0.4) is 0 Å². The highest BCUT2D eigenvalue weighted by molar-refractivity contribution is 9.08. The van der Waals surface area contributed by atoms with E-state index in [9.17, 15) is 4.79 Å². The molecule has 20 heavy (non-hydrogen) atoms. The first-order valence-electron chi connectivity index (χ1n) is 6.21. The van der Waals surface area contributed by atoms with Crippen LogP contribution in [0.2, 0.25) is 0 Å². The third-order valence-electron chi connectivity index (χ3n) is 2.99. The molecule has 0 spiro atoms. The second kappa shape index (κ2) is 5.77. The summed E-state index contributed by atoms with van der Waals surface area (Å²) in [5.74, 6) is -0.0575. The molecule has 0 unspecified atom stereocenters. The number of hydrogen-bond donors (Lipinski definition) is 1. The molecule has 1 aromatic heterocycles. The maximum absolute atomic E-state index is 12.3. The number of carbonyl (C=O) groups excluding carboxylic acids is 1. The lowest BCUT2D eigenvalue weighted by atomic mass is 10.2. The highest BCUT2D eigenvalue weighted by Crippen LogP contribution is 2.26. The van der Waals surface area contributed by atoms with Crippen LogP contribution in [0.25, 0.3) is 10.1 Å². The molecule has 0 aliphatic carbocycles. The third kappa shape index (κ3) is 2.76. The van der Waals surface area contributed by atoms with Crippen molar-refractivity contribution in [3.63, 3.8) is 0 Å². The minimum atomic E-state index is -0.0575. The van der Waals surface area contributed by atoms with E-state index in [0.717, 1.165) is 31.5 Å². The summed E-state index contributed by atoms with van der Waals surface area (Å²) >= 11 is 4.93. The number of rotatable bonds is 3. The smallest absolute Gasteiger partial charge is 0.265 e. The summed E-state index contributed by atoms with van der Waals surface area (Å²) in [6, 6.07) is 17.8. The lowest BCUT2D eigenvalue weighted by Crippen LogP contribution is -2.10. The monoisotopic (exact) mass is 345 g/mol. The summed E-state index contributed by atoms with van der Waals surface area (Å²) < 4.78 is 1.13. The second-order valence-corrected chi connectivity index (χ2v) is 6.08. The number of anilines is 1. The van der Waals surface area contributed by atoms with E-state index in [0.29, 0.717) is 0 Å². The average Bonchev–Trinajstić information content (AvgIpc) is 2.91. The number of benzene rings is 2. The minimum absolute atomic E-state index is 0.0575. The van der Waals surface area contributed by atoms with Crippen LogP contribution in [0.15, 0.2) is 54.6 Å². The molecular weight excluding hydrogens is 334 g/mol. The molecule has 4 heteroatoms. The lowest BCUT2D eigenvalue weighted by molar-refractivity contribution is 0.103. The van der Waals surface area contributed by atoms with Crippen molar-refractivity contribution in [2.45, 2.75) is 5.33 Å². The van der Waals surface area contributed by atoms with E-state index in [2.05, 4.69) is 21.2 Å². The normalized spacial score (nSPS) is 10.7. The number of amides is 1. The van der Waals surface area contributed by atoms with E-state index >= 15 is 0 Å². The molecule has 1 N–H and O–H groups in total. The number of nitrogens with one attached hydrogen (secondary N) is 1. The number of halogens is 1. The Morgan fingerprint density at radius 2 is 1.95 bits per heavy atom. The van der Waals surface area contributed by atoms with Crippen LogP contribution in [0.4, 0.5) is 5.69 Å². The molecule has 2 nitrogen and oxygen atoms in total. The summed E-state index contributed by atoms with van der Waals surface area (Å²) in [5, 5.41) is 4.83. The van der Waals surface area contributed by atoms with E-state index in [1.165, 1.54) is 11.3 Å². The molecule has 0 atom stereocenters. The van der Waals surface area contributed by atoms with Gasteiger partial charge in [0.05, 0.1) is 4.88 Å². The molecule has 3 rings (SSSR count). The standard InChI is InChI=1S/C16H12BrNOS/c17-10-11-4-3-6-13(8-11)18-16(19)15-9-12-5-1-2-7-14(12)20-15/h1-9H,10H2,(H,18,19). The number of alkyl halides is 1. The maximum Gasteiger partial charge on any atom is 0.265 e. The van der Waals surface area contributed by atoms with Gasteiger partial charge in [0, 0.05) is 15.7 Å². The van der Waals surface area contributed by atoms with E-state index in [1.54, 1.807) is 0 Å². The Kier molecular flexibility index (Phi) is 3.85. The highest BCUT2D eigenvalue weighted by atomic mass is 79.9. The second-order valence-electron chi connectivity index (χ2n) is 4.44. The first-order valence-corrected chi connectivity index (χ1v) is 8.15. The zero-order valence-electron chi connectivity index (χ0n) is 10.6. The van der Waals surface area contributed by atoms with Crippen LogP contribution in [0, 0.1) is 0 Å². The van der Waals surface area contributed by atoms with Gasteiger partial charge in [0.25, 0.3) is 5.91 Å². The first-order chi connectivity index (χ1) is 9.76. The van der Waals surface area contributed by atoms with Gasteiger partial charge >= 0.3 is 0 Å². The Morgan fingerprint density at radius 3 is 2.75 bits per heavy atom. The van der Waals surface area contributed by atoms with E-state index in [-0.39, 0.29) is 5.91 Å². The molecule has 100 valence electrons. The molecule has 2 aromatic carbocycles. The molecule has 0 aliphatic rings. The summed E-state index contributed by atoms with van der Waals surface area (Å²) in [7, 11) is 0. The van der Waals surface area contributed by atoms with Gasteiger partial charge in [-0.1, -0.05) is 46.3 Å². The zero-order valence-corrected chi connectivity index (χ0v) is 13.0. The quantitative estimate of drug-likeness (QED) is 0.661. The van der Waals surface area contributed by atoms with Crippen molar-refractivity contribution in [3.05, 3.63) is 65.0 Å². The van der Waals surface area contributed by atoms with Crippen molar-refractivity contribution in [3.8, 4) is 0 Å². The topological polar surface area (TPSA) is 29.1 Å². The van der Waals surface area contributed by atoms with Crippen molar-refractivity contribution >= 4 is 48.9 Å². The van der Waals surface area contributed by atoms with Crippen molar-refractivity contribution in [1.29, 1.82) is 0 Å². The summed E-state index contributed by atoms with van der Waals surface area (Å²) in [5.41, 5.74) is 1.96. The molecule has 0 radical (unpaired) electrons. The van der Waals surface area contributed by atoms with Gasteiger partial charge in [0.1, 0.15) is 0 Å². The molecular formula is C16H12BrNOS. The van der Waals surface area contributed by atoms with Crippen LogP contribution in [0.5, 0.6) is 0 Å². The summed E-state index contributed by atoms with van der Waals surface area (Å²) in [4.78, 5) is 13.0. The van der Waals surface area contributed by atoms with Crippen molar-refractivity contribution < 1.29 is 4.79 Å².